The molecule has 0 unspecified atom stereocenters. The zero-order chi connectivity index (χ0) is 10.8. The summed E-state index contributed by atoms with van der Waals surface area (Å²) in [5.41, 5.74) is 0.861. The molecule has 2 rings (SSSR count). The van der Waals surface area contributed by atoms with Crippen LogP contribution in [0, 0.1) is 0 Å². The van der Waals surface area contributed by atoms with Gasteiger partial charge in [0.15, 0.2) is 0 Å². The van der Waals surface area contributed by atoms with Crippen LogP contribution < -0.4 is 5.56 Å². The minimum atomic E-state index is -0.254. The fourth-order valence-electron chi connectivity index (χ4n) is 1.33. The number of rotatable bonds is 2. The van der Waals surface area contributed by atoms with Gasteiger partial charge in [0.05, 0.1) is 17.9 Å². The summed E-state index contributed by atoms with van der Waals surface area (Å²) in [7, 11) is 0. The van der Waals surface area contributed by atoms with Gasteiger partial charge in [0.1, 0.15) is 0 Å². The van der Waals surface area contributed by atoms with Gasteiger partial charge in [-0.15, -0.1) is 0 Å². The molecule has 4 nitrogen and oxygen atoms in total. The lowest BCUT2D eigenvalue weighted by atomic mass is 10.3. The summed E-state index contributed by atoms with van der Waals surface area (Å²) in [6.45, 7) is -0.254. The third-order valence-electron chi connectivity index (χ3n) is 2.08. The van der Waals surface area contributed by atoms with Gasteiger partial charge in [0, 0.05) is 10.7 Å². The first-order valence-corrected chi connectivity index (χ1v) is 5.18. The number of aliphatic hydroxyl groups excluding tert-OH is 1. The molecule has 5 heteroatoms. The Hall–Kier alpha value is -1.33. The second-order valence-corrected chi connectivity index (χ2v) is 3.99. The van der Waals surface area contributed by atoms with Gasteiger partial charge in [-0.1, -0.05) is 22.0 Å². The third-order valence-corrected chi connectivity index (χ3v) is 2.58. The van der Waals surface area contributed by atoms with Crippen LogP contribution in [0.1, 0.15) is 5.56 Å². The molecule has 0 amide bonds. The van der Waals surface area contributed by atoms with E-state index in [4.69, 9.17) is 5.11 Å². The Balaban J connectivity index is 2.55. The summed E-state index contributed by atoms with van der Waals surface area (Å²) >= 11 is 3.33. The molecule has 2 N–H and O–H groups in total. The van der Waals surface area contributed by atoms with Crippen molar-refractivity contribution in [1.82, 2.24) is 9.78 Å². The topological polar surface area (TPSA) is 58.0 Å². The molecule has 0 atom stereocenters. The van der Waals surface area contributed by atoms with Crippen molar-refractivity contribution in [3.8, 4) is 5.69 Å². The number of hydrogen-bond acceptors (Lipinski definition) is 2. The number of nitrogens with one attached hydrogen (secondary N) is 1. The van der Waals surface area contributed by atoms with Crippen LogP contribution in [-0.4, -0.2) is 14.9 Å². The molecule has 0 bridgehead atoms. The number of benzene rings is 1. The van der Waals surface area contributed by atoms with Gasteiger partial charge < -0.3 is 5.11 Å². The lowest BCUT2D eigenvalue weighted by molar-refractivity contribution is 0.280. The highest BCUT2D eigenvalue weighted by Crippen LogP contribution is 2.13. The van der Waals surface area contributed by atoms with Gasteiger partial charge in [-0.25, -0.2) is 4.68 Å². The molecule has 15 heavy (non-hydrogen) atoms. The average molecular weight is 269 g/mol. The standard InChI is InChI=1S/C10H9BrN2O2/c11-8-2-1-3-9(4-8)13-10(15)7(6-14)5-12-13/h1-5,12,14H,6H2. The summed E-state index contributed by atoms with van der Waals surface area (Å²) in [4.78, 5) is 11.7. The molecule has 0 fully saturated rings. The first-order valence-electron chi connectivity index (χ1n) is 4.38. The molecule has 0 aliphatic rings. The van der Waals surface area contributed by atoms with Crippen LogP contribution in [-0.2, 0) is 6.61 Å². The highest BCUT2D eigenvalue weighted by molar-refractivity contribution is 9.10. The molecular weight excluding hydrogens is 260 g/mol. The number of nitrogens with zero attached hydrogens (tertiary/aromatic N) is 1. The summed E-state index contributed by atoms with van der Waals surface area (Å²) in [5, 5.41) is 11.7. The molecule has 0 aliphatic heterocycles. The molecule has 78 valence electrons. The smallest absolute Gasteiger partial charge is 0.276 e. The van der Waals surface area contributed by atoms with Crippen molar-refractivity contribution in [1.29, 1.82) is 0 Å². The highest BCUT2D eigenvalue weighted by Gasteiger charge is 2.06. The van der Waals surface area contributed by atoms with Crippen molar-refractivity contribution >= 4 is 15.9 Å². The van der Waals surface area contributed by atoms with E-state index in [2.05, 4.69) is 21.0 Å². The normalized spacial score (nSPS) is 10.5. The second kappa shape index (κ2) is 4.04. The fraction of sp³-hybridized carbons (Fsp3) is 0.100. The molecule has 0 aliphatic carbocycles. The maximum absolute atomic E-state index is 11.7. The van der Waals surface area contributed by atoms with Crippen molar-refractivity contribution in [2.75, 3.05) is 0 Å². The molecule has 0 radical (unpaired) electrons. The van der Waals surface area contributed by atoms with E-state index in [9.17, 15) is 4.79 Å². The highest BCUT2D eigenvalue weighted by atomic mass is 79.9. The van der Waals surface area contributed by atoms with Crippen molar-refractivity contribution in [2.45, 2.75) is 6.61 Å². The maximum Gasteiger partial charge on any atom is 0.276 e. The van der Waals surface area contributed by atoms with Crippen molar-refractivity contribution in [2.24, 2.45) is 0 Å². The number of hydrogen-bond donors (Lipinski definition) is 2. The number of aromatic nitrogens is 2. The Morgan fingerprint density at radius 3 is 2.87 bits per heavy atom. The Bertz CT molecular complexity index is 530. The molecule has 0 spiro atoms. The molecule has 1 aromatic carbocycles. The summed E-state index contributed by atoms with van der Waals surface area (Å²) in [6, 6.07) is 7.35. The molecule has 0 saturated carbocycles. The summed E-state index contributed by atoms with van der Waals surface area (Å²) in [6.07, 6.45) is 1.50. The third kappa shape index (κ3) is 1.88. The number of H-pyrrole nitrogens is 1. The lowest BCUT2D eigenvalue weighted by Gasteiger charge is -2.00. The second-order valence-electron chi connectivity index (χ2n) is 3.08. The predicted octanol–water partition coefficient (Wildman–Crippen LogP) is 1.42. The van der Waals surface area contributed by atoms with Crippen LogP contribution in [0.3, 0.4) is 0 Å². The molecule has 1 heterocycles. The molecule has 2 aromatic rings. The van der Waals surface area contributed by atoms with Crippen LogP contribution >= 0.6 is 15.9 Å². The van der Waals surface area contributed by atoms with Gasteiger partial charge >= 0.3 is 0 Å². The van der Waals surface area contributed by atoms with E-state index < -0.39 is 0 Å². The van der Waals surface area contributed by atoms with Gasteiger partial charge in [0.25, 0.3) is 5.56 Å². The van der Waals surface area contributed by atoms with Gasteiger partial charge in [-0.2, -0.15) is 0 Å². The van der Waals surface area contributed by atoms with Gasteiger partial charge in [-0.05, 0) is 18.2 Å². The van der Waals surface area contributed by atoms with E-state index in [1.165, 1.54) is 10.9 Å². The van der Waals surface area contributed by atoms with E-state index in [1.807, 2.05) is 24.3 Å². The van der Waals surface area contributed by atoms with Crippen LogP contribution in [0.15, 0.2) is 39.7 Å². The van der Waals surface area contributed by atoms with Gasteiger partial charge in [-0.3, -0.25) is 9.89 Å². The fourth-order valence-corrected chi connectivity index (χ4v) is 1.71. The van der Waals surface area contributed by atoms with E-state index >= 15 is 0 Å². The summed E-state index contributed by atoms with van der Waals surface area (Å²) < 4.78 is 2.28. The Labute approximate surface area is 94.3 Å². The van der Waals surface area contributed by atoms with Crippen LogP contribution in [0.5, 0.6) is 0 Å². The van der Waals surface area contributed by atoms with Crippen LogP contribution in [0.2, 0.25) is 0 Å². The van der Waals surface area contributed by atoms with Crippen molar-refractivity contribution in [3.05, 3.63) is 50.9 Å². The SMILES string of the molecule is O=c1c(CO)c[nH]n1-c1cccc(Br)c1. The largest absolute Gasteiger partial charge is 0.391 e. The number of aliphatic hydroxyl groups is 1. The molecular formula is C10H9BrN2O2. The lowest BCUT2D eigenvalue weighted by Crippen LogP contribution is -2.17. The number of halogens is 1. The minimum absolute atomic E-state index is 0.226. The monoisotopic (exact) mass is 268 g/mol. The first kappa shape index (κ1) is 10.2. The Kier molecular flexibility index (Phi) is 2.75. The zero-order valence-electron chi connectivity index (χ0n) is 7.77. The quantitative estimate of drug-likeness (QED) is 0.866. The van der Waals surface area contributed by atoms with Gasteiger partial charge in [0.2, 0.25) is 0 Å². The van der Waals surface area contributed by atoms with Crippen molar-refractivity contribution < 1.29 is 5.11 Å². The Morgan fingerprint density at radius 1 is 1.47 bits per heavy atom. The summed E-state index contributed by atoms with van der Waals surface area (Å²) in [5.74, 6) is 0. The van der Waals surface area contributed by atoms with E-state index in [0.717, 1.165) is 10.2 Å². The maximum atomic E-state index is 11.7. The molecule has 1 aromatic heterocycles. The van der Waals surface area contributed by atoms with E-state index in [1.54, 1.807) is 0 Å². The number of aromatic amines is 1. The van der Waals surface area contributed by atoms with E-state index in [0.29, 0.717) is 5.56 Å². The minimum Gasteiger partial charge on any atom is -0.391 e. The van der Waals surface area contributed by atoms with Crippen LogP contribution in [0.25, 0.3) is 5.69 Å². The first-order chi connectivity index (χ1) is 7.22. The predicted molar refractivity (Wildman–Crippen MR) is 60.0 cm³/mol. The van der Waals surface area contributed by atoms with Crippen molar-refractivity contribution in [3.63, 3.8) is 0 Å². The van der Waals surface area contributed by atoms with E-state index in [-0.39, 0.29) is 12.2 Å². The average Bonchev–Trinajstić information content (AvgIpc) is 2.59. The van der Waals surface area contributed by atoms with Crippen LogP contribution in [0.4, 0.5) is 0 Å². The zero-order valence-corrected chi connectivity index (χ0v) is 9.36. The Morgan fingerprint density at radius 2 is 2.27 bits per heavy atom. The molecule has 0 saturated heterocycles.